The number of likely N-dealkylation sites (N-methyl/N-ethyl adjacent to an activating group) is 1. The fourth-order valence-corrected chi connectivity index (χ4v) is 2.44. The maximum Gasteiger partial charge on any atom is 0.251 e. The van der Waals surface area contributed by atoms with E-state index < -0.39 is 5.54 Å². The zero-order valence-corrected chi connectivity index (χ0v) is 13.9. The van der Waals surface area contributed by atoms with E-state index in [1.807, 2.05) is 38.1 Å². The van der Waals surface area contributed by atoms with Gasteiger partial charge in [-0.3, -0.25) is 9.69 Å². The van der Waals surface area contributed by atoms with Crippen molar-refractivity contribution in [3.8, 4) is 0 Å². The van der Waals surface area contributed by atoms with Gasteiger partial charge in [-0.25, -0.2) is 0 Å². The highest BCUT2D eigenvalue weighted by Crippen LogP contribution is 2.10. The molecule has 3 N–H and O–H groups in total. The lowest BCUT2D eigenvalue weighted by atomic mass is 10.1. The second-order valence-corrected chi connectivity index (χ2v) is 6.95. The smallest absolute Gasteiger partial charge is 0.251 e. The SMILES string of the molecule is CN1CCN(Cc2ccc(C(=O)NCC(C)(C)N)cc2)CC1. The van der Waals surface area contributed by atoms with Crippen molar-refractivity contribution in [2.45, 2.75) is 25.9 Å². The summed E-state index contributed by atoms with van der Waals surface area (Å²) >= 11 is 0. The van der Waals surface area contributed by atoms with Crippen molar-refractivity contribution >= 4 is 5.91 Å². The van der Waals surface area contributed by atoms with Gasteiger partial charge in [-0.2, -0.15) is 0 Å². The number of piperazine rings is 1. The average Bonchev–Trinajstić information content (AvgIpc) is 2.47. The molecule has 5 nitrogen and oxygen atoms in total. The number of carbonyl (C=O) groups excluding carboxylic acids is 1. The fourth-order valence-electron chi connectivity index (χ4n) is 2.44. The highest BCUT2D eigenvalue weighted by Gasteiger charge is 2.15. The van der Waals surface area contributed by atoms with E-state index in [4.69, 9.17) is 5.73 Å². The van der Waals surface area contributed by atoms with Gasteiger partial charge >= 0.3 is 0 Å². The monoisotopic (exact) mass is 304 g/mol. The minimum absolute atomic E-state index is 0.0651. The first kappa shape index (κ1) is 16.9. The molecule has 0 unspecified atom stereocenters. The molecule has 1 aromatic rings. The van der Waals surface area contributed by atoms with Gasteiger partial charge in [0.05, 0.1) is 0 Å². The van der Waals surface area contributed by atoms with Crippen molar-refractivity contribution in [3.63, 3.8) is 0 Å². The summed E-state index contributed by atoms with van der Waals surface area (Å²) in [7, 11) is 2.16. The van der Waals surface area contributed by atoms with E-state index in [2.05, 4.69) is 22.2 Å². The quantitative estimate of drug-likeness (QED) is 0.848. The van der Waals surface area contributed by atoms with Crippen LogP contribution in [-0.2, 0) is 6.54 Å². The molecule has 22 heavy (non-hydrogen) atoms. The van der Waals surface area contributed by atoms with E-state index in [-0.39, 0.29) is 5.91 Å². The molecule has 1 fully saturated rings. The largest absolute Gasteiger partial charge is 0.350 e. The van der Waals surface area contributed by atoms with Crippen LogP contribution in [0.3, 0.4) is 0 Å². The van der Waals surface area contributed by atoms with Gasteiger partial charge in [0, 0.05) is 50.4 Å². The summed E-state index contributed by atoms with van der Waals surface area (Å²) in [6, 6.07) is 7.87. The Bertz CT molecular complexity index is 484. The molecule has 1 aliphatic rings. The summed E-state index contributed by atoms with van der Waals surface area (Å²) < 4.78 is 0. The summed E-state index contributed by atoms with van der Waals surface area (Å²) in [5, 5.41) is 2.86. The number of nitrogens with zero attached hydrogens (tertiary/aromatic N) is 2. The highest BCUT2D eigenvalue weighted by atomic mass is 16.1. The number of hydrogen-bond acceptors (Lipinski definition) is 4. The lowest BCUT2D eigenvalue weighted by Gasteiger charge is -2.32. The first-order chi connectivity index (χ1) is 10.3. The Hall–Kier alpha value is -1.43. The topological polar surface area (TPSA) is 61.6 Å². The van der Waals surface area contributed by atoms with Crippen LogP contribution in [-0.4, -0.2) is 61.0 Å². The average molecular weight is 304 g/mol. The van der Waals surface area contributed by atoms with Crippen LogP contribution < -0.4 is 11.1 Å². The van der Waals surface area contributed by atoms with Gasteiger partial charge < -0.3 is 16.0 Å². The molecular weight excluding hydrogens is 276 g/mol. The third-order valence-corrected chi connectivity index (χ3v) is 3.92. The highest BCUT2D eigenvalue weighted by molar-refractivity contribution is 5.94. The zero-order valence-electron chi connectivity index (χ0n) is 13.9. The third-order valence-electron chi connectivity index (χ3n) is 3.92. The van der Waals surface area contributed by atoms with Crippen molar-refractivity contribution in [3.05, 3.63) is 35.4 Å². The molecule has 122 valence electrons. The number of nitrogens with two attached hydrogens (primary N) is 1. The Labute approximate surface area is 133 Å². The maximum atomic E-state index is 12.0. The van der Waals surface area contributed by atoms with Crippen molar-refractivity contribution in [1.29, 1.82) is 0 Å². The molecule has 0 spiro atoms. The minimum atomic E-state index is -0.392. The van der Waals surface area contributed by atoms with Crippen molar-refractivity contribution in [1.82, 2.24) is 15.1 Å². The number of rotatable bonds is 5. The fraction of sp³-hybridized carbons (Fsp3) is 0.588. The summed E-state index contributed by atoms with van der Waals surface area (Å²) in [5.41, 5.74) is 7.42. The zero-order chi connectivity index (χ0) is 16.2. The molecule has 5 heteroatoms. The first-order valence-corrected chi connectivity index (χ1v) is 7.90. The van der Waals surface area contributed by atoms with Gasteiger partial charge in [-0.15, -0.1) is 0 Å². The predicted octanol–water partition coefficient (Wildman–Crippen LogP) is 0.901. The standard InChI is InChI=1S/C17H28N4O/c1-17(2,18)13-19-16(22)15-6-4-14(5-7-15)12-21-10-8-20(3)9-11-21/h4-7H,8-13,18H2,1-3H3,(H,19,22). The van der Waals surface area contributed by atoms with Gasteiger partial charge in [-0.05, 0) is 38.6 Å². The lowest BCUT2D eigenvalue weighted by Crippen LogP contribution is -2.45. The van der Waals surface area contributed by atoms with Crippen molar-refractivity contribution in [2.24, 2.45) is 5.73 Å². The van der Waals surface area contributed by atoms with Crippen LogP contribution in [0, 0.1) is 0 Å². The molecular formula is C17H28N4O. The molecule has 0 radical (unpaired) electrons. The molecule has 2 rings (SSSR count). The van der Waals surface area contributed by atoms with E-state index in [0.717, 1.165) is 32.7 Å². The lowest BCUT2D eigenvalue weighted by molar-refractivity contribution is 0.0946. The Morgan fingerprint density at radius 1 is 1.18 bits per heavy atom. The molecule has 0 saturated carbocycles. The number of amides is 1. The molecule has 0 bridgehead atoms. The van der Waals surface area contributed by atoms with Crippen molar-refractivity contribution < 1.29 is 4.79 Å². The third kappa shape index (κ3) is 5.40. The number of benzene rings is 1. The summed E-state index contributed by atoms with van der Waals surface area (Å²) in [4.78, 5) is 16.8. The minimum Gasteiger partial charge on any atom is -0.350 e. The summed E-state index contributed by atoms with van der Waals surface area (Å²) in [5.74, 6) is -0.0651. The Kier molecular flexibility index (Phi) is 5.56. The van der Waals surface area contributed by atoms with Crippen LogP contribution in [0.25, 0.3) is 0 Å². The molecule has 1 heterocycles. The van der Waals surface area contributed by atoms with E-state index in [1.165, 1.54) is 5.56 Å². The normalized spacial score (nSPS) is 17.5. The van der Waals surface area contributed by atoms with Gasteiger partial charge in [0.15, 0.2) is 0 Å². The Balaban J connectivity index is 1.86. The van der Waals surface area contributed by atoms with Crippen LogP contribution in [0.1, 0.15) is 29.8 Å². The van der Waals surface area contributed by atoms with Crippen LogP contribution in [0.4, 0.5) is 0 Å². The van der Waals surface area contributed by atoms with E-state index in [9.17, 15) is 4.79 Å². The second-order valence-electron chi connectivity index (χ2n) is 6.95. The molecule has 0 atom stereocenters. The van der Waals surface area contributed by atoms with E-state index >= 15 is 0 Å². The molecule has 1 aromatic carbocycles. The van der Waals surface area contributed by atoms with Gasteiger partial charge in [0.2, 0.25) is 0 Å². The predicted molar refractivity (Wildman–Crippen MR) is 89.8 cm³/mol. The van der Waals surface area contributed by atoms with Gasteiger partial charge in [0.25, 0.3) is 5.91 Å². The Morgan fingerprint density at radius 3 is 2.32 bits per heavy atom. The molecule has 1 amide bonds. The maximum absolute atomic E-state index is 12.0. The first-order valence-electron chi connectivity index (χ1n) is 7.90. The molecule has 1 saturated heterocycles. The molecule has 0 aromatic heterocycles. The van der Waals surface area contributed by atoms with Gasteiger partial charge in [-0.1, -0.05) is 12.1 Å². The summed E-state index contributed by atoms with van der Waals surface area (Å²) in [6.07, 6.45) is 0. The second kappa shape index (κ2) is 7.22. The van der Waals surface area contributed by atoms with Crippen LogP contribution in [0.2, 0.25) is 0 Å². The molecule has 0 aliphatic carbocycles. The number of hydrogen-bond donors (Lipinski definition) is 2. The molecule has 1 aliphatic heterocycles. The number of nitrogens with one attached hydrogen (secondary N) is 1. The van der Waals surface area contributed by atoms with E-state index in [0.29, 0.717) is 12.1 Å². The Morgan fingerprint density at radius 2 is 1.77 bits per heavy atom. The van der Waals surface area contributed by atoms with Gasteiger partial charge in [0.1, 0.15) is 0 Å². The van der Waals surface area contributed by atoms with Crippen LogP contribution in [0.15, 0.2) is 24.3 Å². The van der Waals surface area contributed by atoms with Crippen LogP contribution in [0.5, 0.6) is 0 Å². The summed E-state index contributed by atoms with van der Waals surface area (Å²) in [6.45, 7) is 9.65. The van der Waals surface area contributed by atoms with Crippen LogP contribution >= 0.6 is 0 Å². The van der Waals surface area contributed by atoms with E-state index in [1.54, 1.807) is 0 Å². The van der Waals surface area contributed by atoms with Crippen molar-refractivity contribution in [2.75, 3.05) is 39.8 Å². The number of carbonyl (C=O) groups is 1.